The van der Waals surface area contributed by atoms with Crippen molar-refractivity contribution in [3.05, 3.63) is 52.4 Å². The fourth-order valence-corrected chi connectivity index (χ4v) is 3.25. The van der Waals surface area contributed by atoms with Crippen molar-refractivity contribution in [1.82, 2.24) is 0 Å². The highest BCUT2D eigenvalue weighted by molar-refractivity contribution is 7.22. The number of para-hydroxylation sites is 2. The number of nitrogens with one attached hydrogen (secondary N) is 1. The lowest BCUT2D eigenvalue weighted by atomic mass is 10.3. The van der Waals surface area contributed by atoms with Crippen LogP contribution in [0.3, 0.4) is 0 Å². The third-order valence-electron chi connectivity index (χ3n) is 3.62. The van der Waals surface area contributed by atoms with Crippen molar-refractivity contribution in [2.24, 2.45) is 0 Å². The minimum absolute atomic E-state index is 0.219. The van der Waals surface area contributed by atoms with E-state index in [1.807, 2.05) is 0 Å². The molecule has 0 saturated heterocycles. The van der Waals surface area contributed by atoms with Gasteiger partial charge in [0.05, 0.1) is 17.5 Å². The maximum atomic E-state index is 12.5. The average Bonchev–Trinajstić information content (AvgIpc) is 3.03. The van der Waals surface area contributed by atoms with E-state index in [1.54, 1.807) is 31.3 Å². The SMILES string of the molecule is COc1ccccc1NC(=O)N(C)c1cc2oc(=O)c(C(=O)O)cc2s1. The van der Waals surface area contributed by atoms with E-state index in [1.165, 1.54) is 24.1 Å². The highest BCUT2D eigenvalue weighted by atomic mass is 32.1. The Balaban J connectivity index is 1.89. The van der Waals surface area contributed by atoms with Crippen LogP contribution in [0, 0.1) is 0 Å². The van der Waals surface area contributed by atoms with Crippen LogP contribution >= 0.6 is 11.3 Å². The predicted molar refractivity (Wildman–Crippen MR) is 97.7 cm³/mol. The molecule has 3 aromatic rings. The van der Waals surface area contributed by atoms with Crippen molar-refractivity contribution in [2.75, 3.05) is 24.4 Å². The largest absolute Gasteiger partial charge is 0.495 e. The van der Waals surface area contributed by atoms with Gasteiger partial charge in [-0.3, -0.25) is 4.90 Å². The molecule has 9 heteroatoms. The number of aromatic carboxylic acids is 1. The molecule has 3 rings (SSSR count). The Morgan fingerprint density at radius 2 is 2.00 bits per heavy atom. The first-order chi connectivity index (χ1) is 12.4. The number of hydrogen-bond donors (Lipinski definition) is 2. The van der Waals surface area contributed by atoms with Crippen molar-refractivity contribution < 1.29 is 23.8 Å². The van der Waals surface area contributed by atoms with Gasteiger partial charge < -0.3 is 19.6 Å². The predicted octanol–water partition coefficient (Wildman–Crippen LogP) is 3.23. The lowest BCUT2D eigenvalue weighted by Gasteiger charge is -2.17. The molecule has 26 heavy (non-hydrogen) atoms. The quantitative estimate of drug-likeness (QED) is 0.726. The minimum atomic E-state index is -1.36. The lowest BCUT2D eigenvalue weighted by Crippen LogP contribution is -2.30. The number of ether oxygens (including phenoxy) is 1. The third-order valence-corrected chi connectivity index (χ3v) is 4.76. The number of anilines is 2. The Morgan fingerprint density at radius 3 is 2.69 bits per heavy atom. The molecule has 134 valence electrons. The maximum absolute atomic E-state index is 12.5. The Labute approximate surface area is 151 Å². The fourth-order valence-electron chi connectivity index (χ4n) is 2.26. The number of carboxylic acid groups (broad SMARTS) is 1. The van der Waals surface area contributed by atoms with Gasteiger partial charge in [-0.25, -0.2) is 14.4 Å². The van der Waals surface area contributed by atoms with E-state index in [0.717, 1.165) is 11.3 Å². The number of urea groups is 1. The van der Waals surface area contributed by atoms with Crippen molar-refractivity contribution in [2.45, 2.75) is 0 Å². The normalized spacial score (nSPS) is 10.5. The van der Waals surface area contributed by atoms with Crippen molar-refractivity contribution in [1.29, 1.82) is 0 Å². The number of carbonyl (C=O) groups is 2. The molecule has 0 unspecified atom stereocenters. The molecule has 0 spiro atoms. The zero-order chi connectivity index (χ0) is 18.8. The first-order valence-electron chi connectivity index (χ1n) is 7.39. The first kappa shape index (κ1) is 17.5. The van der Waals surface area contributed by atoms with Crippen LogP contribution in [0.15, 0.2) is 45.6 Å². The topological polar surface area (TPSA) is 109 Å². The van der Waals surface area contributed by atoms with Gasteiger partial charge in [0, 0.05) is 13.1 Å². The Bertz CT molecular complexity index is 1050. The Morgan fingerprint density at radius 1 is 1.27 bits per heavy atom. The van der Waals surface area contributed by atoms with Gasteiger partial charge in [-0.2, -0.15) is 0 Å². The van der Waals surface area contributed by atoms with Crippen LogP contribution < -0.4 is 20.6 Å². The summed E-state index contributed by atoms with van der Waals surface area (Å²) in [4.78, 5) is 36.5. The molecule has 2 aromatic heterocycles. The molecule has 0 atom stereocenters. The smallest absolute Gasteiger partial charge is 0.351 e. The molecule has 2 N–H and O–H groups in total. The molecule has 0 fully saturated rings. The summed E-state index contributed by atoms with van der Waals surface area (Å²) in [5.41, 5.74) is -0.660. The van der Waals surface area contributed by atoms with E-state index in [4.69, 9.17) is 14.3 Å². The Kier molecular flexibility index (Phi) is 4.63. The van der Waals surface area contributed by atoms with E-state index in [9.17, 15) is 14.4 Å². The van der Waals surface area contributed by atoms with Crippen molar-refractivity contribution in [3.8, 4) is 5.75 Å². The number of benzene rings is 1. The van der Waals surface area contributed by atoms with Gasteiger partial charge in [0.2, 0.25) is 0 Å². The number of fused-ring (bicyclic) bond motifs is 1. The lowest BCUT2D eigenvalue weighted by molar-refractivity contribution is 0.0692. The summed E-state index contributed by atoms with van der Waals surface area (Å²) in [6.45, 7) is 0. The first-order valence-corrected chi connectivity index (χ1v) is 8.21. The summed E-state index contributed by atoms with van der Waals surface area (Å²) in [5, 5.41) is 12.2. The molecule has 0 aliphatic carbocycles. The zero-order valence-corrected chi connectivity index (χ0v) is 14.6. The number of thiophene rings is 1. The average molecular weight is 374 g/mol. The molecule has 2 amide bonds. The van der Waals surface area contributed by atoms with Crippen LogP contribution in [0.4, 0.5) is 15.5 Å². The van der Waals surface area contributed by atoms with E-state index >= 15 is 0 Å². The van der Waals surface area contributed by atoms with Crippen molar-refractivity contribution in [3.63, 3.8) is 0 Å². The van der Waals surface area contributed by atoms with E-state index < -0.39 is 23.2 Å². The summed E-state index contributed by atoms with van der Waals surface area (Å²) in [6, 6.07) is 9.29. The molecule has 0 saturated carbocycles. The molecule has 0 aliphatic rings. The molecular formula is C17H14N2O6S. The molecular weight excluding hydrogens is 360 g/mol. The van der Waals surface area contributed by atoms with Crippen LogP contribution in [0.1, 0.15) is 10.4 Å². The summed E-state index contributed by atoms with van der Waals surface area (Å²) in [6.07, 6.45) is 0. The molecule has 8 nitrogen and oxygen atoms in total. The van der Waals surface area contributed by atoms with Gasteiger partial charge in [-0.15, -0.1) is 11.3 Å². The fraction of sp³-hybridized carbons (Fsp3) is 0.118. The second-order valence-corrected chi connectivity index (χ2v) is 6.32. The number of amides is 2. The van der Waals surface area contributed by atoms with E-state index in [-0.39, 0.29) is 5.58 Å². The van der Waals surface area contributed by atoms with Crippen molar-refractivity contribution >= 4 is 44.3 Å². The van der Waals surface area contributed by atoms with Gasteiger partial charge in [0.25, 0.3) is 0 Å². The molecule has 2 heterocycles. The number of rotatable bonds is 4. The number of methoxy groups -OCH3 is 1. The number of hydrogen-bond acceptors (Lipinski definition) is 6. The van der Waals surface area contributed by atoms with Gasteiger partial charge >= 0.3 is 17.6 Å². The maximum Gasteiger partial charge on any atom is 0.351 e. The summed E-state index contributed by atoms with van der Waals surface area (Å²) in [7, 11) is 3.05. The number of carboxylic acids is 1. The van der Waals surface area contributed by atoms with Gasteiger partial charge in [-0.05, 0) is 18.2 Å². The van der Waals surface area contributed by atoms with E-state index in [0.29, 0.717) is 21.1 Å². The van der Waals surface area contributed by atoms with Gasteiger partial charge in [0.15, 0.2) is 5.58 Å². The second-order valence-electron chi connectivity index (χ2n) is 5.26. The summed E-state index contributed by atoms with van der Waals surface area (Å²) >= 11 is 1.13. The second kappa shape index (κ2) is 6.89. The third kappa shape index (κ3) is 3.24. The Hall–Kier alpha value is -3.33. The highest BCUT2D eigenvalue weighted by Crippen LogP contribution is 2.32. The molecule has 0 bridgehead atoms. The summed E-state index contributed by atoms with van der Waals surface area (Å²) < 4.78 is 10.7. The number of carbonyl (C=O) groups excluding carboxylic acids is 1. The van der Waals surface area contributed by atoms with Crippen LogP contribution in [0.5, 0.6) is 5.75 Å². The number of nitrogens with zero attached hydrogens (tertiary/aromatic N) is 1. The molecule has 1 aromatic carbocycles. The minimum Gasteiger partial charge on any atom is -0.495 e. The van der Waals surface area contributed by atoms with Crippen LogP contribution in [0.2, 0.25) is 0 Å². The van der Waals surface area contributed by atoms with Gasteiger partial charge in [-0.1, -0.05) is 12.1 Å². The van der Waals surface area contributed by atoms with Crippen LogP contribution in [-0.4, -0.2) is 31.3 Å². The standard InChI is InChI=1S/C17H14N2O6S/c1-19(17(23)18-10-5-3-4-6-11(10)24-2)14-8-12-13(26-14)7-9(15(20)21)16(22)25-12/h3-8H,1-2H3,(H,18,23)(H,20,21). The zero-order valence-electron chi connectivity index (χ0n) is 13.8. The monoisotopic (exact) mass is 374 g/mol. The molecule has 0 aliphatic heterocycles. The molecule has 0 radical (unpaired) electrons. The van der Waals surface area contributed by atoms with Crippen LogP contribution in [0.25, 0.3) is 10.3 Å². The summed E-state index contributed by atoms with van der Waals surface area (Å²) in [5.74, 6) is -0.847. The van der Waals surface area contributed by atoms with Crippen LogP contribution in [-0.2, 0) is 0 Å². The highest BCUT2D eigenvalue weighted by Gasteiger charge is 2.19. The van der Waals surface area contributed by atoms with E-state index in [2.05, 4.69) is 5.32 Å². The van der Waals surface area contributed by atoms with Gasteiger partial charge in [0.1, 0.15) is 16.3 Å².